The zero-order valence-corrected chi connectivity index (χ0v) is 15.0. The van der Waals surface area contributed by atoms with Crippen molar-refractivity contribution in [3.05, 3.63) is 29.6 Å². The van der Waals surface area contributed by atoms with Crippen LogP contribution >= 0.6 is 0 Å². The second-order valence-electron chi connectivity index (χ2n) is 7.74. The van der Waals surface area contributed by atoms with E-state index in [0.29, 0.717) is 5.92 Å². The van der Waals surface area contributed by atoms with Crippen LogP contribution in [0.25, 0.3) is 0 Å². The van der Waals surface area contributed by atoms with E-state index in [1.165, 1.54) is 5.56 Å². The summed E-state index contributed by atoms with van der Waals surface area (Å²) in [6.45, 7) is 11.6. The number of aryl methyl sites for hydroxylation is 1. The summed E-state index contributed by atoms with van der Waals surface area (Å²) < 4.78 is 6.65. The molecule has 118 valence electrons. The largest absolute Gasteiger partial charge is 0.408 e. The molecule has 0 saturated carbocycles. The molecule has 0 fully saturated rings. The van der Waals surface area contributed by atoms with Gasteiger partial charge in [0, 0.05) is 12.8 Å². The van der Waals surface area contributed by atoms with Gasteiger partial charge in [0.25, 0.3) is 0 Å². The number of fused-ring (bicyclic) bond motifs is 1. The monoisotopic (exact) mass is 307 g/mol. The van der Waals surface area contributed by atoms with E-state index in [-0.39, 0.29) is 17.7 Å². The highest BCUT2D eigenvalue weighted by molar-refractivity contribution is 6.74. The number of rotatable bonds is 3. The van der Waals surface area contributed by atoms with Crippen molar-refractivity contribution in [1.82, 2.24) is 4.98 Å². The molecule has 1 aliphatic rings. The Morgan fingerprint density at radius 2 is 2.10 bits per heavy atom. The van der Waals surface area contributed by atoms with Crippen LogP contribution in [0.4, 0.5) is 0 Å². The van der Waals surface area contributed by atoms with Crippen LogP contribution < -0.4 is 0 Å². The van der Waals surface area contributed by atoms with Crippen molar-refractivity contribution in [2.45, 2.75) is 64.3 Å². The summed E-state index contributed by atoms with van der Waals surface area (Å²) in [5, 5.41) is 9.79. The molecule has 0 saturated heterocycles. The van der Waals surface area contributed by atoms with E-state index in [1.54, 1.807) is 0 Å². The smallest absolute Gasteiger partial charge is 0.192 e. The molecule has 3 nitrogen and oxygen atoms in total. The predicted octanol–water partition coefficient (Wildman–Crippen LogP) is 4.09. The second kappa shape index (κ2) is 6.19. The molecule has 1 aliphatic carbocycles. The number of hydrogen-bond acceptors (Lipinski definition) is 3. The lowest BCUT2D eigenvalue weighted by atomic mass is 10.00. The predicted molar refractivity (Wildman–Crippen MR) is 88.8 cm³/mol. The molecule has 0 bridgehead atoms. The summed E-state index contributed by atoms with van der Waals surface area (Å²) in [4.78, 5) is 4.61. The molecule has 1 aromatic rings. The van der Waals surface area contributed by atoms with Crippen molar-refractivity contribution in [3.63, 3.8) is 0 Å². The standard InChI is InChI=1S/C17H29NO2Si/c1-17(2,3)21(4,5)20-15-11-13(12-19)8-9-14-7-6-10-18-16(14)15/h6-7,10,13,15,19H,8-9,11-12H2,1-5H3/t13-,15+/m1/s1. The number of hydrogen-bond donors (Lipinski definition) is 1. The molecule has 0 amide bonds. The van der Waals surface area contributed by atoms with E-state index in [0.717, 1.165) is 25.0 Å². The Balaban J connectivity index is 2.31. The van der Waals surface area contributed by atoms with Crippen LogP contribution in [0.2, 0.25) is 18.1 Å². The van der Waals surface area contributed by atoms with Gasteiger partial charge in [-0.1, -0.05) is 26.8 Å². The summed E-state index contributed by atoms with van der Waals surface area (Å²) in [6.07, 6.45) is 4.78. The van der Waals surface area contributed by atoms with Gasteiger partial charge in [-0.15, -0.1) is 0 Å². The molecule has 2 rings (SSSR count). The Morgan fingerprint density at radius 1 is 1.38 bits per heavy atom. The van der Waals surface area contributed by atoms with Gasteiger partial charge in [-0.25, -0.2) is 0 Å². The molecule has 2 atom stereocenters. The van der Waals surface area contributed by atoms with Gasteiger partial charge in [0.1, 0.15) is 0 Å². The second-order valence-corrected chi connectivity index (χ2v) is 12.5. The average Bonchev–Trinajstić information content (AvgIpc) is 2.57. The SMILES string of the molecule is CC(C)(C)[Si](C)(C)O[C@H]1C[C@H](CO)CCc2cccnc21. The molecule has 21 heavy (non-hydrogen) atoms. The van der Waals surface area contributed by atoms with Gasteiger partial charge >= 0.3 is 0 Å². The maximum Gasteiger partial charge on any atom is 0.192 e. The summed E-state index contributed by atoms with van der Waals surface area (Å²) in [7, 11) is -1.85. The quantitative estimate of drug-likeness (QED) is 0.675. The fourth-order valence-electron chi connectivity index (χ4n) is 2.65. The number of pyridine rings is 1. The van der Waals surface area contributed by atoms with Crippen LogP contribution in [0.1, 0.15) is 51.0 Å². The number of nitrogens with zero attached hydrogens (tertiary/aromatic N) is 1. The summed E-state index contributed by atoms with van der Waals surface area (Å²) in [5.74, 6) is 0.314. The first-order chi connectivity index (χ1) is 9.74. The molecule has 1 heterocycles. The maximum atomic E-state index is 9.61. The van der Waals surface area contributed by atoms with Crippen molar-refractivity contribution >= 4 is 8.32 Å². The van der Waals surface area contributed by atoms with Gasteiger partial charge in [-0.05, 0) is 54.9 Å². The molecule has 0 aromatic carbocycles. The van der Waals surface area contributed by atoms with Crippen molar-refractivity contribution < 1.29 is 9.53 Å². The number of aromatic nitrogens is 1. The molecule has 1 N–H and O–H groups in total. The molecule has 0 spiro atoms. The van der Waals surface area contributed by atoms with Crippen molar-refractivity contribution in [2.75, 3.05) is 6.61 Å². The third kappa shape index (κ3) is 3.73. The Bertz CT molecular complexity index is 482. The van der Waals surface area contributed by atoms with Crippen LogP contribution in [-0.2, 0) is 10.8 Å². The first-order valence-electron chi connectivity index (χ1n) is 7.97. The van der Waals surface area contributed by atoms with Crippen LogP contribution in [-0.4, -0.2) is 25.0 Å². The van der Waals surface area contributed by atoms with Crippen molar-refractivity contribution in [2.24, 2.45) is 5.92 Å². The average molecular weight is 308 g/mol. The van der Waals surface area contributed by atoms with Crippen molar-refractivity contribution in [1.29, 1.82) is 0 Å². The highest BCUT2D eigenvalue weighted by atomic mass is 28.4. The third-order valence-electron chi connectivity index (χ3n) is 5.10. The Labute approximate surface area is 129 Å². The highest BCUT2D eigenvalue weighted by Gasteiger charge is 2.41. The van der Waals surface area contributed by atoms with E-state index < -0.39 is 8.32 Å². The minimum atomic E-state index is -1.85. The van der Waals surface area contributed by atoms with Crippen LogP contribution in [0.3, 0.4) is 0 Å². The molecule has 0 unspecified atom stereocenters. The van der Waals surface area contributed by atoms with Crippen LogP contribution in [0, 0.1) is 5.92 Å². The molecule has 0 radical (unpaired) electrons. The minimum absolute atomic E-state index is 0.0294. The summed E-state index contributed by atoms with van der Waals surface area (Å²) in [5.41, 5.74) is 2.38. The van der Waals surface area contributed by atoms with Gasteiger partial charge in [-0.2, -0.15) is 0 Å². The van der Waals surface area contributed by atoms with Gasteiger partial charge in [0.05, 0.1) is 11.8 Å². The molecular formula is C17H29NO2Si. The van der Waals surface area contributed by atoms with E-state index in [2.05, 4.69) is 44.9 Å². The fourth-order valence-corrected chi connectivity index (χ4v) is 3.92. The van der Waals surface area contributed by atoms with Gasteiger partial charge < -0.3 is 9.53 Å². The lowest BCUT2D eigenvalue weighted by Gasteiger charge is -2.39. The first-order valence-corrected chi connectivity index (χ1v) is 10.9. The van der Waals surface area contributed by atoms with Crippen LogP contribution in [0.15, 0.2) is 18.3 Å². The Hall–Kier alpha value is -0.713. The van der Waals surface area contributed by atoms with Gasteiger partial charge in [0.15, 0.2) is 8.32 Å². The lowest BCUT2D eigenvalue weighted by Crippen LogP contribution is -2.42. The van der Waals surface area contributed by atoms with Crippen LogP contribution in [0.5, 0.6) is 0 Å². The van der Waals surface area contributed by atoms with Gasteiger partial charge in [0.2, 0.25) is 0 Å². The van der Waals surface area contributed by atoms with E-state index in [4.69, 9.17) is 4.43 Å². The fraction of sp³-hybridized carbons (Fsp3) is 0.706. The Kier molecular flexibility index (Phi) is 4.91. The van der Waals surface area contributed by atoms with E-state index in [9.17, 15) is 5.11 Å². The Morgan fingerprint density at radius 3 is 2.71 bits per heavy atom. The van der Waals surface area contributed by atoms with E-state index >= 15 is 0 Å². The van der Waals surface area contributed by atoms with E-state index in [1.807, 2.05) is 12.3 Å². The lowest BCUT2D eigenvalue weighted by molar-refractivity contribution is 0.122. The summed E-state index contributed by atoms with van der Waals surface area (Å²) >= 11 is 0. The zero-order valence-electron chi connectivity index (χ0n) is 14.0. The molecule has 0 aliphatic heterocycles. The maximum absolute atomic E-state index is 9.61. The summed E-state index contributed by atoms with van der Waals surface area (Å²) in [6, 6.07) is 4.16. The number of aliphatic hydroxyl groups excluding tert-OH is 1. The normalized spacial score (nSPS) is 23.5. The molecule has 4 heteroatoms. The number of aliphatic hydroxyl groups is 1. The molecular weight excluding hydrogens is 278 g/mol. The highest BCUT2D eigenvalue weighted by Crippen LogP contribution is 2.42. The topological polar surface area (TPSA) is 42.4 Å². The minimum Gasteiger partial charge on any atom is -0.408 e. The third-order valence-corrected chi connectivity index (χ3v) is 9.59. The first kappa shape index (κ1) is 16.7. The molecule has 1 aromatic heterocycles. The van der Waals surface area contributed by atoms with Crippen molar-refractivity contribution in [3.8, 4) is 0 Å². The van der Waals surface area contributed by atoms with Gasteiger partial charge in [-0.3, -0.25) is 4.98 Å². The zero-order chi connectivity index (χ0) is 15.7.